The largest absolute Gasteiger partial charge is 0.493 e. The van der Waals surface area contributed by atoms with Crippen LogP contribution in [-0.4, -0.2) is 63.1 Å². The van der Waals surface area contributed by atoms with Crippen molar-refractivity contribution in [3.05, 3.63) is 35.7 Å². The molecule has 0 spiro atoms. The number of benzene rings is 1. The lowest BCUT2D eigenvalue weighted by molar-refractivity contribution is 0.0934. The van der Waals surface area contributed by atoms with Crippen LogP contribution in [0, 0.1) is 0 Å². The Kier molecular flexibility index (Phi) is 6.81. The van der Waals surface area contributed by atoms with Crippen molar-refractivity contribution in [2.45, 2.75) is 43.7 Å². The minimum atomic E-state index is -3.42. The molecule has 8 nitrogen and oxygen atoms in total. The highest BCUT2D eigenvalue weighted by Crippen LogP contribution is 2.28. The van der Waals surface area contributed by atoms with E-state index in [4.69, 9.17) is 14.2 Å². The second-order valence-corrected chi connectivity index (χ2v) is 9.32. The second-order valence-electron chi connectivity index (χ2n) is 7.41. The fourth-order valence-corrected chi connectivity index (χ4v) is 4.46. The standard InChI is InChI=1S/C20H29N3O5S/c1-22(12-15-7-8-18(26-2)19(10-15)27-3)13-16-11-21-20(29(4,24)25)23(16)14-17-6-5-9-28-17/h7-8,10-11,17H,5-6,9,12-14H2,1-4H3. The van der Waals surface area contributed by atoms with Crippen LogP contribution in [0.1, 0.15) is 24.1 Å². The van der Waals surface area contributed by atoms with Gasteiger partial charge in [-0.2, -0.15) is 0 Å². The van der Waals surface area contributed by atoms with E-state index in [0.29, 0.717) is 31.1 Å². The highest BCUT2D eigenvalue weighted by atomic mass is 32.2. The normalized spacial score (nSPS) is 17.1. The van der Waals surface area contributed by atoms with Crippen LogP contribution in [0.15, 0.2) is 29.6 Å². The molecule has 1 aliphatic heterocycles. The summed E-state index contributed by atoms with van der Waals surface area (Å²) in [5, 5.41) is 0.0996. The van der Waals surface area contributed by atoms with Crippen molar-refractivity contribution in [1.82, 2.24) is 14.5 Å². The monoisotopic (exact) mass is 423 g/mol. The van der Waals surface area contributed by atoms with Gasteiger partial charge in [-0.3, -0.25) is 4.90 Å². The molecule has 1 atom stereocenters. The maximum Gasteiger partial charge on any atom is 0.227 e. The summed E-state index contributed by atoms with van der Waals surface area (Å²) in [4.78, 5) is 6.30. The van der Waals surface area contributed by atoms with Crippen molar-refractivity contribution < 1.29 is 22.6 Å². The van der Waals surface area contributed by atoms with Crippen LogP contribution in [0.25, 0.3) is 0 Å². The zero-order chi connectivity index (χ0) is 21.0. The van der Waals surface area contributed by atoms with Crippen molar-refractivity contribution >= 4 is 9.84 Å². The molecule has 2 aromatic rings. The first-order chi connectivity index (χ1) is 13.8. The van der Waals surface area contributed by atoms with Gasteiger partial charge in [-0.25, -0.2) is 13.4 Å². The molecule has 1 aliphatic rings. The molecule has 0 radical (unpaired) electrons. The summed E-state index contributed by atoms with van der Waals surface area (Å²) in [5.74, 6) is 1.37. The van der Waals surface area contributed by atoms with Crippen LogP contribution >= 0.6 is 0 Å². The average molecular weight is 424 g/mol. The van der Waals surface area contributed by atoms with Crippen LogP contribution < -0.4 is 9.47 Å². The van der Waals surface area contributed by atoms with Crippen LogP contribution in [0.2, 0.25) is 0 Å². The van der Waals surface area contributed by atoms with E-state index in [0.717, 1.165) is 30.7 Å². The summed E-state index contributed by atoms with van der Waals surface area (Å²) < 4.78 is 42.5. The lowest BCUT2D eigenvalue weighted by Crippen LogP contribution is -2.24. The van der Waals surface area contributed by atoms with E-state index in [2.05, 4.69) is 9.88 Å². The Morgan fingerprint density at radius 3 is 2.62 bits per heavy atom. The van der Waals surface area contributed by atoms with Gasteiger partial charge >= 0.3 is 0 Å². The maximum atomic E-state index is 12.2. The summed E-state index contributed by atoms with van der Waals surface area (Å²) in [7, 11) is 1.79. The number of aromatic nitrogens is 2. The number of ether oxygens (including phenoxy) is 3. The molecular formula is C20H29N3O5S. The lowest BCUT2D eigenvalue weighted by Gasteiger charge is -2.20. The molecule has 0 saturated carbocycles. The van der Waals surface area contributed by atoms with Crippen molar-refractivity contribution in [2.75, 3.05) is 34.1 Å². The lowest BCUT2D eigenvalue weighted by atomic mass is 10.2. The van der Waals surface area contributed by atoms with Gasteiger partial charge in [-0.1, -0.05) is 6.07 Å². The number of imidazole rings is 1. The Bertz CT molecular complexity index is 936. The fraction of sp³-hybridized carbons (Fsp3) is 0.550. The molecule has 29 heavy (non-hydrogen) atoms. The fourth-order valence-electron chi connectivity index (χ4n) is 3.62. The van der Waals surface area contributed by atoms with E-state index in [9.17, 15) is 8.42 Å². The van der Waals surface area contributed by atoms with Crippen LogP contribution in [0.4, 0.5) is 0 Å². The van der Waals surface area contributed by atoms with Gasteiger partial charge < -0.3 is 18.8 Å². The highest BCUT2D eigenvalue weighted by molar-refractivity contribution is 7.90. The molecule has 1 saturated heterocycles. The molecule has 0 N–H and O–H groups in total. The third-order valence-electron chi connectivity index (χ3n) is 4.98. The van der Waals surface area contributed by atoms with Gasteiger partial charge in [-0.15, -0.1) is 0 Å². The Morgan fingerprint density at radius 2 is 2.00 bits per heavy atom. The molecule has 0 bridgehead atoms. The zero-order valence-corrected chi connectivity index (χ0v) is 18.2. The Morgan fingerprint density at radius 1 is 1.24 bits per heavy atom. The summed E-state index contributed by atoms with van der Waals surface area (Å²) >= 11 is 0. The van der Waals surface area contributed by atoms with Crippen molar-refractivity contribution in [1.29, 1.82) is 0 Å². The van der Waals surface area contributed by atoms with Gasteiger partial charge in [0.2, 0.25) is 15.0 Å². The summed E-state index contributed by atoms with van der Waals surface area (Å²) in [6.07, 6.45) is 4.80. The molecule has 160 valence electrons. The molecule has 1 unspecified atom stereocenters. The Hall–Kier alpha value is -2.10. The predicted octanol–water partition coefficient (Wildman–Crippen LogP) is 2.11. The quantitative estimate of drug-likeness (QED) is 0.611. The summed E-state index contributed by atoms with van der Waals surface area (Å²) in [6, 6.07) is 5.82. The van der Waals surface area contributed by atoms with E-state index in [1.165, 1.54) is 6.26 Å². The molecule has 2 heterocycles. The minimum absolute atomic E-state index is 0.0274. The molecular weight excluding hydrogens is 394 g/mol. The summed E-state index contributed by atoms with van der Waals surface area (Å²) in [6.45, 7) is 2.45. The topological polar surface area (TPSA) is 82.9 Å². The number of sulfone groups is 1. The van der Waals surface area contributed by atoms with Crippen LogP contribution in [0.3, 0.4) is 0 Å². The van der Waals surface area contributed by atoms with Crippen molar-refractivity contribution in [3.8, 4) is 11.5 Å². The maximum absolute atomic E-state index is 12.2. The van der Waals surface area contributed by atoms with Gasteiger partial charge in [-0.05, 0) is 37.6 Å². The molecule has 9 heteroatoms. The third kappa shape index (κ3) is 5.29. The number of methoxy groups -OCH3 is 2. The molecule has 1 aromatic heterocycles. The molecule has 3 rings (SSSR count). The first-order valence-corrected chi connectivity index (χ1v) is 11.5. The van der Waals surface area contributed by atoms with Crippen LogP contribution in [-0.2, 0) is 34.2 Å². The van der Waals surface area contributed by atoms with Crippen molar-refractivity contribution in [2.24, 2.45) is 0 Å². The van der Waals surface area contributed by atoms with Gasteiger partial charge in [0.15, 0.2) is 11.5 Å². The number of rotatable bonds is 9. The minimum Gasteiger partial charge on any atom is -0.493 e. The van der Waals surface area contributed by atoms with Gasteiger partial charge in [0.1, 0.15) is 0 Å². The first kappa shape index (κ1) is 21.6. The molecule has 0 amide bonds. The molecule has 0 aliphatic carbocycles. The van der Waals surface area contributed by atoms with Gasteiger partial charge in [0, 0.05) is 26.0 Å². The Balaban J connectivity index is 1.77. The van der Waals surface area contributed by atoms with E-state index in [1.807, 2.05) is 25.2 Å². The van der Waals surface area contributed by atoms with E-state index >= 15 is 0 Å². The summed E-state index contributed by atoms with van der Waals surface area (Å²) in [5.41, 5.74) is 1.92. The number of hydrogen-bond donors (Lipinski definition) is 0. The predicted molar refractivity (Wildman–Crippen MR) is 109 cm³/mol. The van der Waals surface area contributed by atoms with Gasteiger partial charge in [0.25, 0.3) is 0 Å². The van der Waals surface area contributed by atoms with E-state index in [1.54, 1.807) is 25.0 Å². The SMILES string of the molecule is COc1ccc(CN(C)Cc2cnc(S(C)(=O)=O)n2CC2CCCO2)cc1OC. The van der Waals surface area contributed by atoms with Crippen LogP contribution in [0.5, 0.6) is 11.5 Å². The third-order valence-corrected chi connectivity index (χ3v) is 5.96. The molecule has 1 aromatic carbocycles. The zero-order valence-electron chi connectivity index (χ0n) is 17.4. The number of nitrogens with zero attached hydrogens (tertiary/aromatic N) is 3. The van der Waals surface area contributed by atoms with E-state index < -0.39 is 9.84 Å². The van der Waals surface area contributed by atoms with Crippen molar-refractivity contribution in [3.63, 3.8) is 0 Å². The van der Waals surface area contributed by atoms with Gasteiger partial charge in [0.05, 0.1) is 38.8 Å². The number of hydrogen-bond acceptors (Lipinski definition) is 7. The van der Waals surface area contributed by atoms with E-state index in [-0.39, 0.29) is 11.3 Å². The highest BCUT2D eigenvalue weighted by Gasteiger charge is 2.24. The smallest absolute Gasteiger partial charge is 0.227 e. The Labute approximate surface area is 172 Å². The average Bonchev–Trinajstić information content (AvgIpc) is 3.32. The molecule has 1 fully saturated rings. The first-order valence-electron chi connectivity index (χ1n) is 9.57. The second kappa shape index (κ2) is 9.15.